The highest BCUT2D eigenvalue weighted by Gasteiger charge is 2.17. The third kappa shape index (κ3) is 4.08. The molecule has 0 radical (unpaired) electrons. The molecule has 0 spiro atoms. The monoisotopic (exact) mass is 368 g/mol. The first-order valence-corrected chi connectivity index (χ1v) is 9.04. The number of amides is 1. The number of hydrogen-bond donors (Lipinski definition) is 1. The fraction of sp³-hybridized carbons (Fsp3) is 0.200. The Morgan fingerprint density at radius 1 is 1.08 bits per heavy atom. The predicted octanol–water partition coefficient (Wildman–Crippen LogP) is 4.37. The van der Waals surface area contributed by atoms with Crippen molar-refractivity contribution in [2.45, 2.75) is 17.2 Å². The lowest BCUT2D eigenvalue weighted by Gasteiger charge is -2.15. The van der Waals surface area contributed by atoms with E-state index in [2.05, 4.69) is 10.3 Å². The largest absolute Gasteiger partial charge is 0.497 e. The molecule has 0 bridgehead atoms. The van der Waals surface area contributed by atoms with E-state index in [9.17, 15) is 4.79 Å². The van der Waals surface area contributed by atoms with Crippen LogP contribution in [0.5, 0.6) is 11.5 Å². The highest BCUT2D eigenvalue weighted by Crippen LogP contribution is 2.30. The van der Waals surface area contributed by atoms with Gasteiger partial charge >= 0.3 is 0 Å². The topological polar surface area (TPSA) is 60.5 Å². The van der Waals surface area contributed by atoms with Crippen LogP contribution >= 0.6 is 11.8 Å². The summed E-state index contributed by atoms with van der Waals surface area (Å²) < 4.78 is 10.5. The Morgan fingerprint density at radius 3 is 2.65 bits per heavy atom. The third-order valence-corrected chi connectivity index (χ3v) is 4.94. The minimum absolute atomic E-state index is 0.117. The Hall–Kier alpha value is -2.73. The van der Waals surface area contributed by atoms with Crippen LogP contribution in [0.15, 0.2) is 59.6 Å². The van der Waals surface area contributed by atoms with Crippen LogP contribution in [0.4, 0.5) is 5.69 Å². The smallest absolute Gasteiger partial charge is 0.237 e. The van der Waals surface area contributed by atoms with Gasteiger partial charge in [0.15, 0.2) is 0 Å². The molecule has 1 heterocycles. The van der Waals surface area contributed by atoms with Gasteiger partial charge in [-0.15, -0.1) is 0 Å². The van der Waals surface area contributed by atoms with E-state index in [0.29, 0.717) is 17.2 Å². The highest BCUT2D eigenvalue weighted by atomic mass is 32.2. The van der Waals surface area contributed by atoms with Gasteiger partial charge in [-0.1, -0.05) is 36.0 Å². The van der Waals surface area contributed by atoms with Crippen molar-refractivity contribution in [1.82, 2.24) is 4.98 Å². The molecule has 26 heavy (non-hydrogen) atoms. The zero-order valence-corrected chi connectivity index (χ0v) is 15.7. The second-order valence-electron chi connectivity index (χ2n) is 5.66. The Bertz CT molecular complexity index is 930. The van der Waals surface area contributed by atoms with E-state index in [1.807, 2.05) is 43.3 Å². The Morgan fingerprint density at radius 2 is 1.88 bits per heavy atom. The average Bonchev–Trinajstić information content (AvgIpc) is 2.68. The molecule has 0 saturated carbocycles. The van der Waals surface area contributed by atoms with Crippen molar-refractivity contribution in [3.05, 3.63) is 54.6 Å². The van der Waals surface area contributed by atoms with Gasteiger partial charge in [0, 0.05) is 11.5 Å². The van der Waals surface area contributed by atoms with Crippen LogP contribution in [0.1, 0.15) is 6.92 Å². The van der Waals surface area contributed by atoms with E-state index in [1.54, 1.807) is 32.4 Å². The van der Waals surface area contributed by atoms with Crippen molar-refractivity contribution >= 4 is 34.3 Å². The number of carbonyl (C=O) groups is 1. The fourth-order valence-corrected chi connectivity index (χ4v) is 3.31. The van der Waals surface area contributed by atoms with Crippen molar-refractivity contribution in [1.29, 1.82) is 0 Å². The number of benzene rings is 2. The third-order valence-electron chi connectivity index (χ3n) is 3.91. The van der Waals surface area contributed by atoms with Gasteiger partial charge in [0.2, 0.25) is 5.91 Å². The van der Waals surface area contributed by atoms with E-state index in [0.717, 1.165) is 15.9 Å². The van der Waals surface area contributed by atoms with Crippen molar-refractivity contribution in [3.63, 3.8) is 0 Å². The highest BCUT2D eigenvalue weighted by molar-refractivity contribution is 8.00. The molecule has 3 aromatic rings. The van der Waals surface area contributed by atoms with Gasteiger partial charge in [-0.3, -0.25) is 4.79 Å². The molecule has 3 rings (SSSR count). The van der Waals surface area contributed by atoms with Gasteiger partial charge in [0.05, 0.1) is 35.7 Å². The number of aromatic nitrogens is 1. The number of pyridine rings is 1. The quantitative estimate of drug-likeness (QED) is 0.655. The summed E-state index contributed by atoms with van der Waals surface area (Å²) in [4.78, 5) is 17.2. The summed E-state index contributed by atoms with van der Waals surface area (Å²) in [5.41, 5.74) is 1.53. The minimum atomic E-state index is -0.310. The van der Waals surface area contributed by atoms with Crippen LogP contribution in [-0.2, 0) is 4.79 Å². The molecule has 0 saturated heterocycles. The zero-order valence-electron chi connectivity index (χ0n) is 14.9. The van der Waals surface area contributed by atoms with Gasteiger partial charge in [-0.05, 0) is 31.2 Å². The number of carbonyl (C=O) groups excluding carboxylic acids is 1. The van der Waals surface area contributed by atoms with E-state index in [1.165, 1.54) is 11.8 Å². The van der Waals surface area contributed by atoms with E-state index in [4.69, 9.17) is 9.47 Å². The number of nitrogens with one attached hydrogen (secondary N) is 1. The maximum Gasteiger partial charge on any atom is 0.237 e. The predicted molar refractivity (Wildman–Crippen MR) is 105 cm³/mol. The standard InChI is InChI=1S/C20H20N2O3S/c1-13(26-19-11-8-14-6-4-5-7-16(14)21-19)20(23)22-17-10-9-15(24-2)12-18(17)25-3/h4-13H,1-3H3,(H,22,23). The summed E-state index contributed by atoms with van der Waals surface area (Å²) in [6.45, 7) is 1.85. The van der Waals surface area contributed by atoms with Crippen LogP contribution in [-0.4, -0.2) is 30.4 Å². The Labute approximate surface area is 156 Å². The van der Waals surface area contributed by atoms with Crippen LogP contribution < -0.4 is 14.8 Å². The van der Waals surface area contributed by atoms with E-state index >= 15 is 0 Å². The number of hydrogen-bond acceptors (Lipinski definition) is 5. The van der Waals surface area contributed by atoms with Crippen molar-refractivity contribution < 1.29 is 14.3 Å². The molecule has 2 aromatic carbocycles. The van der Waals surface area contributed by atoms with Crippen LogP contribution in [0, 0.1) is 0 Å². The summed E-state index contributed by atoms with van der Waals surface area (Å²) in [6.07, 6.45) is 0. The molecule has 1 N–H and O–H groups in total. The maximum absolute atomic E-state index is 12.6. The van der Waals surface area contributed by atoms with E-state index in [-0.39, 0.29) is 11.2 Å². The first kappa shape index (κ1) is 18.1. The number of fused-ring (bicyclic) bond motifs is 1. The molecule has 0 aliphatic carbocycles. The molecular weight excluding hydrogens is 348 g/mol. The molecule has 1 aromatic heterocycles. The summed E-state index contributed by atoms with van der Waals surface area (Å²) in [7, 11) is 3.14. The molecule has 1 amide bonds. The first-order chi connectivity index (χ1) is 12.6. The number of thioether (sulfide) groups is 1. The second-order valence-corrected chi connectivity index (χ2v) is 7.02. The van der Waals surface area contributed by atoms with Gasteiger partial charge in [-0.2, -0.15) is 0 Å². The fourth-order valence-electron chi connectivity index (χ4n) is 2.48. The Kier molecular flexibility index (Phi) is 5.63. The van der Waals surface area contributed by atoms with Crippen LogP contribution in [0.3, 0.4) is 0 Å². The van der Waals surface area contributed by atoms with Gasteiger partial charge in [-0.25, -0.2) is 4.98 Å². The zero-order chi connectivity index (χ0) is 18.5. The first-order valence-electron chi connectivity index (χ1n) is 8.16. The number of para-hydroxylation sites is 1. The molecule has 5 nitrogen and oxygen atoms in total. The van der Waals surface area contributed by atoms with Gasteiger partial charge < -0.3 is 14.8 Å². The normalized spacial score (nSPS) is 11.8. The summed E-state index contributed by atoms with van der Waals surface area (Å²) in [5.74, 6) is 1.11. The molecule has 0 aliphatic heterocycles. The Balaban J connectivity index is 1.71. The van der Waals surface area contributed by atoms with E-state index < -0.39 is 0 Å². The molecule has 6 heteroatoms. The number of methoxy groups -OCH3 is 2. The molecule has 0 aliphatic rings. The lowest BCUT2D eigenvalue weighted by atomic mass is 10.2. The summed E-state index contributed by atoms with van der Waals surface area (Å²) in [5, 5.41) is 4.49. The number of ether oxygens (including phenoxy) is 2. The van der Waals surface area contributed by atoms with Gasteiger partial charge in [0.1, 0.15) is 11.5 Å². The molecule has 1 atom stereocenters. The van der Waals surface area contributed by atoms with Crippen LogP contribution in [0.25, 0.3) is 10.9 Å². The summed E-state index contributed by atoms with van der Waals surface area (Å²) >= 11 is 1.42. The van der Waals surface area contributed by atoms with Crippen molar-refractivity contribution in [2.24, 2.45) is 0 Å². The molecular formula is C20H20N2O3S. The maximum atomic E-state index is 12.6. The van der Waals surface area contributed by atoms with Gasteiger partial charge in [0.25, 0.3) is 0 Å². The van der Waals surface area contributed by atoms with Crippen molar-refractivity contribution in [3.8, 4) is 11.5 Å². The minimum Gasteiger partial charge on any atom is -0.497 e. The molecule has 134 valence electrons. The molecule has 1 unspecified atom stereocenters. The number of anilines is 1. The lowest BCUT2D eigenvalue weighted by Crippen LogP contribution is -2.22. The lowest BCUT2D eigenvalue weighted by molar-refractivity contribution is -0.115. The summed E-state index contributed by atoms with van der Waals surface area (Å²) in [6, 6.07) is 17.1. The number of nitrogens with zero attached hydrogens (tertiary/aromatic N) is 1. The van der Waals surface area contributed by atoms with Crippen molar-refractivity contribution in [2.75, 3.05) is 19.5 Å². The SMILES string of the molecule is COc1ccc(NC(=O)C(C)Sc2ccc3ccccc3n2)c(OC)c1. The van der Waals surface area contributed by atoms with Crippen LogP contribution in [0.2, 0.25) is 0 Å². The second kappa shape index (κ2) is 8.10. The molecule has 0 fully saturated rings. The number of rotatable bonds is 6. The average molecular weight is 368 g/mol.